The van der Waals surface area contributed by atoms with Crippen LogP contribution >= 0.6 is 0 Å². The van der Waals surface area contributed by atoms with Gasteiger partial charge in [-0.05, 0) is 88.5 Å². The van der Waals surface area contributed by atoms with Gasteiger partial charge >= 0.3 is 0 Å². The van der Waals surface area contributed by atoms with Crippen LogP contribution in [0, 0.1) is 26.7 Å². The Bertz CT molecular complexity index is 1320. The van der Waals surface area contributed by atoms with Crippen LogP contribution in [0.4, 0.5) is 0 Å². The Labute approximate surface area is 225 Å². The van der Waals surface area contributed by atoms with Gasteiger partial charge in [-0.25, -0.2) is 0 Å². The van der Waals surface area contributed by atoms with Gasteiger partial charge in [-0.2, -0.15) is 0 Å². The molecule has 2 fully saturated rings. The van der Waals surface area contributed by atoms with E-state index in [-0.39, 0.29) is 17.1 Å². The summed E-state index contributed by atoms with van der Waals surface area (Å²) < 4.78 is 12.3. The highest BCUT2D eigenvalue weighted by Crippen LogP contribution is 2.48. The number of ether oxygens (including phenoxy) is 2. The van der Waals surface area contributed by atoms with Gasteiger partial charge in [0.2, 0.25) is 0 Å². The van der Waals surface area contributed by atoms with E-state index < -0.39 is 0 Å². The van der Waals surface area contributed by atoms with E-state index in [2.05, 4.69) is 22.9 Å². The van der Waals surface area contributed by atoms with Crippen molar-refractivity contribution in [1.29, 1.82) is 0 Å². The lowest BCUT2D eigenvalue weighted by atomic mass is 9.74. The fourth-order valence-corrected chi connectivity index (χ4v) is 7.49. The molecule has 1 aromatic carbocycles. The van der Waals surface area contributed by atoms with Gasteiger partial charge in [-0.1, -0.05) is 6.07 Å². The van der Waals surface area contributed by atoms with Crippen LogP contribution in [-0.4, -0.2) is 65.2 Å². The third-order valence-corrected chi connectivity index (χ3v) is 9.83. The Balaban J connectivity index is 1.18. The van der Waals surface area contributed by atoms with E-state index in [4.69, 9.17) is 9.47 Å². The second-order valence-corrected chi connectivity index (χ2v) is 12.4. The molecular formula is C31H41N3O4. The average molecular weight is 520 g/mol. The van der Waals surface area contributed by atoms with Crippen molar-refractivity contribution in [1.82, 2.24) is 14.8 Å². The number of aryl methyl sites for hydroxylation is 2. The maximum Gasteiger partial charge on any atom is 0.254 e. The number of benzene rings is 1. The van der Waals surface area contributed by atoms with Gasteiger partial charge in [0.05, 0.1) is 12.6 Å². The summed E-state index contributed by atoms with van der Waals surface area (Å²) in [4.78, 5) is 33.6. The number of aromatic amines is 1. The molecule has 4 aliphatic rings. The van der Waals surface area contributed by atoms with Crippen LogP contribution in [0.15, 0.2) is 16.9 Å². The number of aromatic nitrogens is 1. The first-order valence-electron chi connectivity index (χ1n) is 14.3. The first-order chi connectivity index (χ1) is 18.2. The number of hydrogen-bond donors (Lipinski definition) is 1. The minimum Gasteiger partial charge on any atom is -0.486 e. The molecule has 2 aromatic rings. The molecule has 204 valence electrons. The number of methoxy groups -OCH3 is 1. The molecule has 3 aliphatic heterocycles. The molecule has 1 atom stereocenters. The summed E-state index contributed by atoms with van der Waals surface area (Å²) in [7, 11) is 1.81. The maximum absolute atomic E-state index is 13.7. The fourth-order valence-electron chi connectivity index (χ4n) is 7.49. The smallest absolute Gasteiger partial charge is 0.254 e. The summed E-state index contributed by atoms with van der Waals surface area (Å²) in [5.41, 5.74) is 6.22. The third-order valence-electron chi connectivity index (χ3n) is 9.83. The van der Waals surface area contributed by atoms with E-state index in [1.54, 1.807) is 0 Å². The largest absolute Gasteiger partial charge is 0.486 e. The minimum absolute atomic E-state index is 0.00699. The molecule has 1 amide bonds. The standard InChI is InChI=1S/C31H41N3O4/c1-18-12-19(2)32-29(35)26(18)17-33-11-10-21-13-22-14-31(4,38-28(22)20(3)27(21)30(33)36)23-6-8-24(9-7-23)34-15-25(16-34)37-5/h12-13,23-25H,6-11,14-17H2,1-5H3,(H,32,35). The Hall–Kier alpha value is -2.64. The molecule has 1 saturated carbocycles. The molecule has 6 rings (SSSR count). The predicted molar refractivity (Wildman–Crippen MR) is 147 cm³/mol. The molecule has 4 heterocycles. The van der Waals surface area contributed by atoms with Crippen LogP contribution < -0.4 is 10.3 Å². The number of amides is 1. The van der Waals surface area contributed by atoms with Gasteiger partial charge in [-0.3, -0.25) is 14.5 Å². The first-order valence-corrected chi connectivity index (χ1v) is 14.3. The number of pyridine rings is 1. The van der Waals surface area contributed by atoms with E-state index in [1.807, 2.05) is 38.8 Å². The summed E-state index contributed by atoms with van der Waals surface area (Å²) in [6.45, 7) is 11.2. The van der Waals surface area contributed by atoms with Crippen molar-refractivity contribution >= 4 is 5.91 Å². The zero-order chi connectivity index (χ0) is 26.8. The van der Waals surface area contributed by atoms with Crippen molar-refractivity contribution in [2.45, 2.75) is 90.5 Å². The van der Waals surface area contributed by atoms with E-state index in [0.717, 1.165) is 59.6 Å². The minimum atomic E-state index is -0.221. The Morgan fingerprint density at radius 3 is 2.50 bits per heavy atom. The van der Waals surface area contributed by atoms with Crippen molar-refractivity contribution in [2.75, 3.05) is 26.7 Å². The number of rotatable bonds is 5. The second-order valence-electron chi connectivity index (χ2n) is 12.4. The van der Waals surface area contributed by atoms with Gasteiger partial charge in [0, 0.05) is 61.6 Å². The molecule has 38 heavy (non-hydrogen) atoms. The number of nitrogens with zero attached hydrogens (tertiary/aromatic N) is 2. The molecule has 1 aromatic heterocycles. The van der Waals surface area contributed by atoms with Gasteiger partial charge in [0.25, 0.3) is 11.5 Å². The summed E-state index contributed by atoms with van der Waals surface area (Å²) in [6.07, 6.45) is 6.92. The van der Waals surface area contributed by atoms with E-state index >= 15 is 0 Å². The molecule has 0 radical (unpaired) electrons. The van der Waals surface area contributed by atoms with Crippen molar-refractivity contribution < 1.29 is 14.3 Å². The third kappa shape index (κ3) is 4.28. The molecule has 1 saturated heterocycles. The predicted octanol–water partition coefficient (Wildman–Crippen LogP) is 4.08. The number of likely N-dealkylation sites (tertiary alicyclic amines) is 1. The highest BCUT2D eigenvalue weighted by Gasteiger charge is 2.46. The Morgan fingerprint density at radius 2 is 1.82 bits per heavy atom. The van der Waals surface area contributed by atoms with E-state index in [9.17, 15) is 9.59 Å². The SMILES string of the molecule is COC1CN(C2CCC(C3(C)Cc4cc5c(c(C)c4O3)C(=O)N(Cc3c(C)cc(C)[nH]c3=O)CC5)CC2)C1. The highest BCUT2D eigenvalue weighted by molar-refractivity contribution is 5.99. The number of fused-ring (bicyclic) bond motifs is 2. The quantitative estimate of drug-likeness (QED) is 0.644. The number of hydrogen-bond acceptors (Lipinski definition) is 5. The van der Waals surface area contributed by atoms with Crippen molar-refractivity contribution in [3.63, 3.8) is 0 Å². The number of H-pyrrole nitrogens is 1. The number of carbonyl (C=O) groups excluding carboxylic acids is 1. The van der Waals surface area contributed by atoms with E-state index in [1.165, 1.54) is 31.2 Å². The Morgan fingerprint density at radius 1 is 1.08 bits per heavy atom. The van der Waals surface area contributed by atoms with Crippen LogP contribution in [0.5, 0.6) is 5.75 Å². The lowest BCUT2D eigenvalue weighted by Gasteiger charge is -2.47. The summed E-state index contributed by atoms with van der Waals surface area (Å²) in [6, 6.07) is 4.88. The molecule has 0 bridgehead atoms. The molecule has 7 heteroatoms. The lowest BCUT2D eigenvalue weighted by molar-refractivity contribution is -0.0677. The zero-order valence-electron chi connectivity index (χ0n) is 23.5. The molecule has 0 spiro atoms. The second kappa shape index (κ2) is 9.53. The molecule has 1 unspecified atom stereocenters. The van der Waals surface area contributed by atoms with Crippen LogP contribution in [0.1, 0.15) is 76.5 Å². The van der Waals surface area contributed by atoms with Gasteiger partial charge in [-0.15, -0.1) is 0 Å². The monoisotopic (exact) mass is 519 g/mol. The maximum atomic E-state index is 13.7. The molecule has 1 aliphatic carbocycles. The van der Waals surface area contributed by atoms with Crippen LogP contribution in [0.3, 0.4) is 0 Å². The molecule has 1 N–H and O–H groups in total. The van der Waals surface area contributed by atoms with Gasteiger partial charge < -0.3 is 19.4 Å². The topological polar surface area (TPSA) is 74.9 Å². The van der Waals surface area contributed by atoms with Gasteiger partial charge in [0.1, 0.15) is 11.4 Å². The van der Waals surface area contributed by atoms with Crippen LogP contribution in [0.25, 0.3) is 0 Å². The lowest BCUT2D eigenvalue weighted by Crippen LogP contribution is -2.57. The highest BCUT2D eigenvalue weighted by atomic mass is 16.5. The zero-order valence-corrected chi connectivity index (χ0v) is 23.5. The number of nitrogens with one attached hydrogen (secondary N) is 1. The van der Waals surface area contributed by atoms with E-state index in [0.29, 0.717) is 36.7 Å². The molecule has 7 nitrogen and oxygen atoms in total. The van der Waals surface area contributed by atoms with Gasteiger partial charge in [0.15, 0.2) is 0 Å². The van der Waals surface area contributed by atoms with Crippen molar-refractivity contribution in [3.8, 4) is 5.75 Å². The number of carbonyl (C=O) groups is 1. The molecular weight excluding hydrogens is 478 g/mol. The van der Waals surface area contributed by atoms with Crippen LogP contribution in [0.2, 0.25) is 0 Å². The average Bonchev–Trinajstić information content (AvgIpc) is 3.20. The normalized spacial score (nSPS) is 27.6. The van der Waals surface area contributed by atoms with Crippen molar-refractivity contribution in [3.05, 3.63) is 61.6 Å². The summed E-state index contributed by atoms with van der Waals surface area (Å²) in [5, 5.41) is 0. The Kier molecular flexibility index (Phi) is 6.42. The summed E-state index contributed by atoms with van der Waals surface area (Å²) >= 11 is 0. The fraction of sp³-hybridized carbons (Fsp3) is 0.613. The first kappa shape index (κ1) is 25.6. The van der Waals surface area contributed by atoms with Crippen LogP contribution in [-0.2, 0) is 24.1 Å². The summed E-state index contributed by atoms with van der Waals surface area (Å²) in [5.74, 6) is 1.44. The van der Waals surface area contributed by atoms with Crippen molar-refractivity contribution in [2.24, 2.45) is 5.92 Å².